The predicted molar refractivity (Wildman–Crippen MR) is 91.6 cm³/mol. The maximum absolute atomic E-state index is 2.64. The summed E-state index contributed by atoms with van der Waals surface area (Å²) in [5, 5.41) is 0. The molecular formula is C19H32N2. The SMILES string of the molecule is CCc1ccc(CN2CCN(CCCC(C)C)CC2)cc1. The topological polar surface area (TPSA) is 6.48 Å². The molecule has 0 amide bonds. The lowest BCUT2D eigenvalue weighted by molar-refractivity contribution is 0.125. The summed E-state index contributed by atoms with van der Waals surface area (Å²) in [7, 11) is 0. The molecule has 2 heteroatoms. The lowest BCUT2D eigenvalue weighted by Gasteiger charge is -2.34. The van der Waals surface area contributed by atoms with Crippen LogP contribution in [0.5, 0.6) is 0 Å². The van der Waals surface area contributed by atoms with E-state index in [0.717, 1.165) is 18.9 Å². The van der Waals surface area contributed by atoms with Crippen LogP contribution in [0.1, 0.15) is 44.7 Å². The summed E-state index contributed by atoms with van der Waals surface area (Å²) in [5.74, 6) is 0.845. The molecule has 0 radical (unpaired) electrons. The molecule has 0 aliphatic carbocycles. The molecule has 1 aromatic carbocycles. The second kappa shape index (κ2) is 8.55. The fourth-order valence-corrected chi connectivity index (χ4v) is 3.03. The first kappa shape index (κ1) is 16.5. The van der Waals surface area contributed by atoms with E-state index in [-0.39, 0.29) is 0 Å². The van der Waals surface area contributed by atoms with Gasteiger partial charge in [0.1, 0.15) is 0 Å². The van der Waals surface area contributed by atoms with Crippen molar-refractivity contribution in [3.8, 4) is 0 Å². The van der Waals surface area contributed by atoms with Crippen LogP contribution < -0.4 is 0 Å². The summed E-state index contributed by atoms with van der Waals surface area (Å²) < 4.78 is 0. The molecule has 1 heterocycles. The molecule has 1 fully saturated rings. The van der Waals surface area contributed by atoms with Gasteiger partial charge in [-0.2, -0.15) is 0 Å². The quantitative estimate of drug-likeness (QED) is 0.753. The zero-order chi connectivity index (χ0) is 15.1. The van der Waals surface area contributed by atoms with Crippen molar-refractivity contribution < 1.29 is 0 Å². The standard InChI is InChI=1S/C19H32N2/c1-4-18-7-9-19(10-8-18)16-21-14-12-20(13-15-21)11-5-6-17(2)3/h7-10,17H,4-6,11-16H2,1-3H3. The Kier molecular flexibility index (Phi) is 6.72. The Bertz CT molecular complexity index is 389. The lowest BCUT2D eigenvalue weighted by atomic mass is 10.1. The predicted octanol–water partition coefficient (Wildman–Crippen LogP) is 3.80. The van der Waals surface area contributed by atoms with Gasteiger partial charge in [-0.25, -0.2) is 0 Å². The van der Waals surface area contributed by atoms with E-state index in [1.54, 1.807) is 0 Å². The molecule has 0 N–H and O–H groups in total. The van der Waals surface area contributed by atoms with Crippen LogP contribution in [-0.2, 0) is 13.0 Å². The monoisotopic (exact) mass is 288 g/mol. The first-order valence-electron chi connectivity index (χ1n) is 8.70. The van der Waals surface area contributed by atoms with Crippen molar-refractivity contribution in [1.82, 2.24) is 9.80 Å². The number of benzene rings is 1. The number of hydrogen-bond donors (Lipinski definition) is 0. The highest BCUT2D eigenvalue weighted by Gasteiger charge is 2.16. The van der Waals surface area contributed by atoms with Gasteiger partial charge in [0.05, 0.1) is 0 Å². The van der Waals surface area contributed by atoms with Crippen LogP contribution in [0.25, 0.3) is 0 Å². The molecule has 0 unspecified atom stereocenters. The molecule has 0 aromatic heterocycles. The van der Waals surface area contributed by atoms with Crippen LogP contribution in [0, 0.1) is 5.92 Å². The summed E-state index contributed by atoms with van der Waals surface area (Å²) >= 11 is 0. The van der Waals surface area contributed by atoms with Gasteiger partial charge in [-0.15, -0.1) is 0 Å². The minimum atomic E-state index is 0.845. The third kappa shape index (κ3) is 5.80. The van der Waals surface area contributed by atoms with Crippen molar-refractivity contribution in [3.63, 3.8) is 0 Å². The Morgan fingerprint density at radius 1 is 0.905 bits per heavy atom. The molecule has 1 aliphatic rings. The van der Waals surface area contributed by atoms with E-state index in [0.29, 0.717) is 0 Å². The highest BCUT2D eigenvalue weighted by molar-refractivity contribution is 5.22. The maximum Gasteiger partial charge on any atom is 0.0234 e. The average molecular weight is 288 g/mol. The molecule has 0 atom stereocenters. The van der Waals surface area contributed by atoms with E-state index >= 15 is 0 Å². The van der Waals surface area contributed by atoms with E-state index in [1.165, 1.54) is 56.7 Å². The number of aryl methyl sites for hydroxylation is 1. The largest absolute Gasteiger partial charge is 0.301 e. The molecule has 2 rings (SSSR count). The van der Waals surface area contributed by atoms with Crippen molar-refractivity contribution in [3.05, 3.63) is 35.4 Å². The molecular weight excluding hydrogens is 256 g/mol. The third-order valence-corrected chi connectivity index (χ3v) is 4.56. The maximum atomic E-state index is 2.64. The molecule has 2 nitrogen and oxygen atoms in total. The van der Waals surface area contributed by atoms with Crippen LogP contribution in [-0.4, -0.2) is 42.5 Å². The second-order valence-corrected chi connectivity index (χ2v) is 6.82. The van der Waals surface area contributed by atoms with Crippen molar-refractivity contribution in [2.75, 3.05) is 32.7 Å². The van der Waals surface area contributed by atoms with Crippen LogP contribution in [0.3, 0.4) is 0 Å². The van der Waals surface area contributed by atoms with Crippen LogP contribution in [0.2, 0.25) is 0 Å². The minimum absolute atomic E-state index is 0.845. The molecule has 1 aliphatic heterocycles. The molecule has 0 spiro atoms. The highest BCUT2D eigenvalue weighted by Crippen LogP contribution is 2.12. The first-order chi connectivity index (χ1) is 10.2. The summed E-state index contributed by atoms with van der Waals surface area (Å²) in [5.41, 5.74) is 2.90. The second-order valence-electron chi connectivity index (χ2n) is 6.82. The number of nitrogens with zero attached hydrogens (tertiary/aromatic N) is 2. The average Bonchev–Trinajstić information content (AvgIpc) is 2.49. The molecule has 21 heavy (non-hydrogen) atoms. The number of hydrogen-bond acceptors (Lipinski definition) is 2. The van der Waals surface area contributed by atoms with Gasteiger partial charge in [0.15, 0.2) is 0 Å². The lowest BCUT2D eigenvalue weighted by Crippen LogP contribution is -2.46. The Labute approximate surface area is 131 Å². The van der Waals surface area contributed by atoms with Crippen molar-refractivity contribution in [2.45, 2.75) is 46.6 Å². The van der Waals surface area contributed by atoms with Crippen molar-refractivity contribution in [1.29, 1.82) is 0 Å². The molecule has 0 saturated carbocycles. The van der Waals surface area contributed by atoms with Crippen LogP contribution >= 0.6 is 0 Å². The summed E-state index contributed by atoms with van der Waals surface area (Å²) in [6.45, 7) is 14.2. The van der Waals surface area contributed by atoms with Gasteiger partial charge >= 0.3 is 0 Å². The third-order valence-electron chi connectivity index (χ3n) is 4.56. The fraction of sp³-hybridized carbons (Fsp3) is 0.684. The summed E-state index contributed by atoms with van der Waals surface area (Å²) in [4.78, 5) is 5.24. The van der Waals surface area contributed by atoms with Crippen LogP contribution in [0.15, 0.2) is 24.3 Å². The Morgan fingerprint density at radius 3 is 2.05 bits per heavy atom. The zero-order valence-electron chi connectivity index (χ0n) is 14.1. The van der Waals surface area contributed by atoms with Crippen molar-refractivity contribution in [2.24, 2.45) is 5.92 Å². The molecule has 118 valence electrons. The van der Waals surface area contributed by atoms with E-state index in [4.69, 9.17) is 0 Å². The van der Waals surface area contributed by atoms with Gasteiger partial charge in [-0.05, 0) is 42.9 Å². The molecule has 1 saturated heterocycles. The van der Waals surface area contributed by atoms with E-state index in [9.17, 15) is 0 Å². The zero-order valence-corrected chi connectivity index (χ0v) is 14.1. The van der Waals surface area contributed by atoms with E-state index in [1.807, 2.05) is 0 Å². The normalized spacial score (nSPS) is 17.5. The Hall–Kier alpha value is -0.860. The van der Waals surface area contributed by atoms with Crippen molar-refractivity contribution >= 4 is 0 Å². The molecule has 1 aromatic rings. The Balaban J connectivity index is 1.68. The smallest absolute Gasteiger partial charge is 0.0234 e. The highest BCUT2D eigenvalue weighted by atomic mass is 15.3. The fourth-order valence-electron chi connectivity index (χ4n) is 3.03. The van der Waals surface area contributed by atoms with Gasteiger partial charge in [-0.1, -0.05) is 45.0 Å². The van der Waals surface area contributed by atoms with Gasteiger partial charge in [0.2, 0.25) is 0 Å². The summed E-state index contributed by atoms with van der Waals surface area (Å²) in [6, 6.07) is 9.15. The van der Waals surface area contributed by atoms with Gasteiger partial charge < -0.3 is 4.90 Å². The van der Waals surface area contributed by atoms with E-state index in [2.05, 4.69) is 54.8 Å². The number of piperazine rings is 1. The van der Waals surface area contributed by atoms with E-state index < -0.39 is 0 Å². The number of rotatable bonds is 7. The summed E-state index contributed by atoms with van der Waals surface area (Å²) in [6.07, 6.45) is 3.86. The van der Waals surface area contributed by atoms with Gasteiger partial charge in [0, 0.05) is 32.7 Å². The van der Waals surface area contributed by atoms with Gasteiger partial charge in [0.25, 0.3) is 0 Å². The Morgan fingerprint density at radius 2 is 1.48 bits per heavy atom. The van der Waals surface area contributed by atoms with Crippen LogP contribution in [0.4, 0.5) is 0 Å². The van der Waals surface area contributed by atoms with Gasteiger partial charge in [-0.3, -0.25) is 4.90 Å². The molecule has 0 bridgehead atoms. The first-order valence-corrected chi connectivity index (χ1v) is 8.70. The minimum Gasteiger partial charge on any atom is -0.301 e.